The number of rotatable bonds is 2. The van der Waals surface area contributed by atoms with Gasteiger partial charge in [0.25, 0.3) is 0 Å². The van der Waals surface area contributed by atoms with Crippen molar-refractivity contribution in [2.45, 2.75) is 44.6 Å². The fraction of sp³-hybridized carbons (Fsp3) is 0.929. The number of carbonyl (C=O) groups excluding carboxylic acids is 1. The predicted molar refractivity (Wildman–Crippen MR) is 73.7 cm³/mol. The molecule has 2 saturated heterocycles. The maximum Gasteiger partial charge on any atom is 0.319 e. The monoisotopic (exact) mass is 253 g/mol. The van der Waals surface area contributed by atoms with Gasteiger partial charge in [0.2, 0.25) is 0 Å². The lowest BCUT2D eigenvalue weighted by atomic mass is 10.2. The first-order chi connectivity index (χ1) is 8.68. The van der Waals surface area contributed by atoms with E-state index in [0.717, 1.165) is 19.6 Å². The molecule has 1 unspecified atom stereocenters. The summed E-state index contributed by atoms with van der Waals surface area (Å²) < 4.78 is 0. The second kappa shape index (κ2) is 6.41. The lowest BCUT2D eigenvalue weighted by Gasteiger charge is -2.30. The molecule has 0 spiro atoms. The minimum absolute atomic E-state index is 0.234. The van der Waals surface area contributed by atoms with Crippen molar-refractivity contribution in [3.8, 4) is 0 Å². The molecule has 2 heterocycles. The number of hydrogen-bond acceptors (Lipinski definition) is 2. The summed E-state index contributed by atoms with van der Waals surface area (Å²) in [6.07, 6.45) is 7.39. The Kier molecular flexibility index (Phi) is 4.87. The molecule has 0 aromatic carbocycles. The molecular weight excluding hydrogens is 226 g/mol. The molecule has 2 amide bonds. The minimum Gasteiger partial charge on any atom is -0.326 e. The van der Waals surface area contributed by atoms with Crippen LogP contribution < -0.4 is 0 Å². The van der Waals surface area contributed by atoms with E-state index in [1.165, 1.54) is 45.1 Å². The molecular formula is C14H27N3O. The van der Waals surface area contributed by atoms with Crippen molar-refractivity contribution in [2.24, 2.45) is 0 Å². The minimum atomic E-state index is 0.234. The lowest BCUT2D eigenvalue weighted by Crippen LogP contribution is -2.46. The average molecular weight is 253 g/mol. The van der Waals surface area contributed by atoms with Crippen LogP contribution in [0.2, 0.25) is 0 Å². The predicted octanol–water partition coefficient (Wildman–Crippen LogP) is 2.01. The second-order valence-electron chi connectivity index (χ2n) is 5.84. The van der Waals surface area contributed by atoms with Gasteiger partial charge in [-0.15, -0.1) is 0 Å². The smallest absolute Gasteiger partial charge is 0.319 e. The van der Waals surface area contributed by atoms with Gasteiger partial charge in [-0.25, -0.2) is 4.79 Å². The van der Waals surface area contributed by atoms with Crippen LogP contribution in [0.15, 0.2) is 0 Å². The third-order valence-corrected chi connectivity index (χ3v) is 4.36. The molecule has 18 heavy (non-hydrogen) atoms. The number of likely N-dealkylation sites (N-methyl/N-ethyl adjacent to an activating group) is 2. The fourth-order valence-electron chi connectivity index (χ4n) is 3.11. The van der Waals surface area contributed by atoms with Crippen LogP contribution in [0, 0.1) is 0 Å². The largest absolute Gasteiger partial charge is 0.326 e. The normalized spacial score (nSPS) is 26.1. The zero-order valence-electron chi connectivity index (χ0n) is 11.9. The highest BCUT2D eigenvalue weighted by molar-refractivity contribution is 5.74. The number of likely N-dealkylation sites (tertiary alicyclic amines) is 2. The Bertz CT molecular complexity index is 274. The first-order valence-electron chi connectivity index (χ1n) is 7.39. The van der Waals surface area contributed by atoms with Crippen molar-refractivity contribution < 1.29 is 4.79 Å². The van der Waals surface area contributed by atoms with Crippen molar-refractivity contribution in [2.75, 3.05) is 40.3 Å². The zero-order valence-corrected chi connectivity index (χ0v) is 11.9. The molecule has 104 valence electrons. The zero-order chi connectivity index (χ0) is 13.0. The number of urea groups is 1. The third-order valence-electron chi connectivity index (χ3n) is 4.36. The number of carbonyl (C=O) groups is 1. The second-order valence-corrected chi connectivity index (χ2v) is 5.84. The standard InChI is InChI=1S/C14H27N3O/c1-15-9-7-8-13(15)12-16(2)14(18)17-10-5-3-4-6-11-17/h13H,3-12H2,1-2H3. The summed E-state index contributed by atoms with van der Waals surface area (Å²) in [6.45, 7) is 3.95. The first-order valence-corrected chi connectivity index (χ1v) is 7.39. The van der Waals surface area contributed by atoms with Crippen molar-refractivity contribution in [3.05, 3.63) is 0 Å². The Morgan fingerprint density at radius 3 is 2.33 bits per heavy atom. The molecule has 2 rings (SSSR count). The van der Waals surface area contributed by atoms with Gasteiger partial charge in [-0.1, -0.05) is 12.8 Å². The molecule has 0 aromatic heterocycles. The van der Waals surface area contributed by atoms with Crippen molar-refractivity contribution in [1.82, 2.24) is 14.7 Å². The van der Waals surface area contributed by atoms with Gasteiger partial charge in [0.05, 0.1) is 0 Å². The van der Waals surface area contributed by atoms with Gasteiger partial charge in [-0.2, -0.15) is 0 Å². The van der Waals surface area contributed by atoms with Gasteiger partial charge in [0.15, 0.2) is 0 Å². The van der Waals surface area contributed by atoms with E-state index in [1.54, 1.807) is 0 Å². The van der Waals surface area contributed by atoms with E-state index in [2.05, 4.69) is 11.9 Å². The molecule has 0 aromatic rings. The number of hydrogen-bond donors (Lipinski definition) is 0. The van der Waals surface area contributed by atoms with E-state index in [0.29, 0.717) is 6.04 Å². The van der Waals surface area contributed by atoms with E-state index in [1.807, 2.05) is 16.8 Å². The molecule has 0 bridgehead atoms. The van der Waals surface area contributed by atoms with Crippen LogP contribution in [0.25, 0.3) is 0 Å². The molecule has 0 radical (unpaired) electrons. The molecule has 0 saturated carbocycles. The van der Waals surface area contributed by atoms with Crippen molar-refractivity contribution in [3.63, 3.8) is 0 Å². The summed E-state index contributed by atoms with van der Waals surface area (Å²) in [4.78, 5) is 18.7. The van der Waals surface area contributed by atoms with E-state index >= 15 is 0 Å². The summed E-state index contributed by atoms with van der Waals surface area (Å²) in [5, 5.41) is 0. The van der Waals surface area contributed by atoms with Crippen molar-refractivity contribution >= 4 is 6.03 Å². The van der Waals surface area contributed by atoms with Crippen LogP contribution in [-0.4, -0.2) is 67.0 Å². The molecule has 0 N–H and O–H groups in total. The van der Waals surface area contributed by atoms with Gasteiger partial charge in [-0.3, -0.25) is 0 Å². The molecule has 4 heteroatoms. The molecule has 0 aliphatic carbocycles. The Morgan fingerprint density at radius 1 is 1.11 bits per heavy atom. The highest BCUT2D eigenvalue weighted by Gasteiger charge is 2.26. The van der Waals surface area contributed by atoms with Crippen LogP contribution >= 0.6 is 0 Å². The van der Waals surface area contributed by atoms with Gasteiger partial charge in [0, 0.05) is 32.7 Å². The molecule has 2 aliphatic heterocycles. The Hall–Kier alpha value is -0.770. The quantitative estimate of drug-likeness (QED) is 0.752. The maximum absolute atomic E-state index is 12.4. The van der Waals surface area contributed by atoms with E-state index < -0.39 is 0 Å². The summed E-state index contributed by atoms with van der Waals surface area (Å²) in [6, 6.07) is 0.795. The number of nitrogens with zero attached hydrogens (tertiary/aromatic N) is 3. The summed E-state index contributed by atoms with van der Waals surface area (Å²) >= 11 is 0. The van der Waals surface area contributed by atoms with Crippen LogP contribution in [0.5, 0.6) is 0 Å². The molecule has 1 atom stereocenters. The first kappa shape index (κ1) is 13.7. The number of amides is 2. The van der Waals surface area contributed by atoms with Gasteiger partial charge < -0.3 is 14.7 Å². The summed E-state index contributed by atoms with van der Waals surface area (Å²) in [5.74, 6) is 0. The Morgan fingerprint density at radius 2 is 1.78 bits per heavy atom. The van der Waals surface area contributed by atoms with Crippen LogP contribution in [0.4, 0.5) is 4.79 Å². The lowest BCUT2D eigenvalue weighted by molar-refractivity contribution is 0.151. The topological polar surface area (TPSA) is 26.8 Å². The van der Waals surface area contributed by atoms with Gasteiger partial charge in [0.1, 0.15) is 0 Å². The summed E-state index contributed by atoms with van der Waals surface area (Å²) in [7, 11) is 4.13. The fourth-order valence-corrected chi connectivity index (χ4v) is 3.11. The van der Waals surface area contributed by atoms with Crippen molar-refractivity contribution in [1.29, 1.82) is 0 Å². The van der Waals surface area contributed by atoms with Crippen LogP contribution in [0.3, 0.4) is 0 Å². The average Bonchev–Trinajstić information content (AvgIpc) is 2.63. The maximum atomic E-state index is 12.4. The van der Waals surface area contributed by atoms with E-state index in [4.69, 9.17) is 0 Å². The van der Waals surface area contributed by atoms with E-state index in [-0.39, 0.29) is 6.03 Å². The highest BCUT2D eigenvalue weighted by atomic mass is 16.2. The molecule has 2 aliphatic rings. The third kappa shape index (κ3) is 3.37. The SMILES string of the molecule is CN(CC1CCCN1C)C(=O)N1CCCCCC1. The van der Waals surface area contributed by atoms with Crippen LogP contribution in [0.1, 0.15) is 38.5 Å². The molecule has 4 nitrogen and oxygen atoms in total. The summed E-state index contributed by atoms with van der Waals surface area (Å²) in [5.41, 5.74) is 0. The highest BCUT2D eigenvalue weighted by Crippen LogP contribution is 2.17. The van der Waals surface area contributed by atoms with Gasteiger partial charge >= 0.3 is 6.03 Å². The molecule has 2 fully saturated rings. The Labute approximate surface area is 111 Å². The van der Waals surface area contributed by atoms with Crippen LogP contribution in [-0.2, 0) is 0 Å². The van der Waals surface area contributed by atoms with Gasteiger partial charge in [-0.05, 0) is 39.3 Å². The van der Waals surface area contributed by atoms with E-state index in [9.17, 15) is 4.79 Å². The Balaban J connectivity index is 1.83.